The summed E-state index contributed by atoms with van der Waals surface area (Å²) < 4.78 is 5.09. The largest absolute Gasteiger partial charge is 0.383 e. The zero-order valence-corrected chi connectivity index (χ0v) is 12.3. The summed E-state index contributed by atoms with van der Waals surface area (Å²) in [6, 6.07) is 0.395. The van der Waals surface area contributed by atoms with Crippen LogP contribution in [-0.2, 0) is 9.53 Å². The van der Waals surface area contributed by atoms with E-state index in [-0.39, 0.29) is 5.91 Å². The van der Waals surface area contributed by atoms with Crippen LogP contribution in [0.3, 0.4) is 0 Å². The van der Waals surface area contributed by atoms with E-state index >= 15 is 0 Å². The van der Waals surface area contributed by atoms with Crippen molar-refractivity contribution in [2.75, 3.05) is 46.9 Å². The molecule has 1 atom stereocenters. The first-order chi connectivity index (χ1) is 8.56. The van der Waals surface area contributed by atoms with E-state index in [2.05, 4.69) is 18.7 Å². The predicted molar refractivity (Wildman–Crippen MR) is 74.5 cm³/mol. The maximum atomic E-state index is 12.0. The van der Waals surface area contributed by atoms with Gasteiger partial charge in [-0.05, 0) is 26.3 Å². The Morgan fingerprint density at radius 2 is 2.06 bits per heavy atom. The Bertz CT molecular complexity index is 224. The van der Waals surface area contributed by atoms with Crippen molar-refractivity contribution in [1.82, 2.24) is 9.80 Å². The Morgan fingerprint density at radius 1 is 1.39 bits per heavy atom. The van der Waals surface area contributed by atoms with E-state index in [4.69, 9.17) is 10.5 Å². The molecule has 5 heteroatoms. The van der Waals surface area contributed by atoms with E-state index in [0.29, 0.717) is 25.7 Å². The number of likely N-dealkylation sites (N-methyl/N-ethyl adjacent to an activating group) is 1. The number of hydrogen-bond acceptors (Lipinski definition) is 4. The number of carbonyl (C=O) groups excluding carboxylic acids is 1. The van der Waals surface area contributed by atoms with Crippen molar-refractivity contribution in [2.24, 2.45) is 5.73 Å². The molecule has 0 bridgehead atoms. The lowest BCUT2D eigenvalue weighted by molar-refractivity contribution is -0.131. The number of nitrogens with zero attached hydrogens (tertiary/aromatic N) is 2. The maximum Gasteiger partial charge on any atom is 0.236 e. The summed E-state index contributed by atoms with van der Waals surface area (Å²) in [7, 11) is 3.52. The van der Waals surface area contributed by atoms with E-state index < -0.39 is 0 Å². The van der Waals surface area contributed by atoms with Crippen molar-refractivity contribution in [1.29, 1.82) is 0 Å². The fourth-order valence-electron chi connectivity index (χ4n) is 1.67. The van der Waals surface area contributed by atoms with E-state index in [1.807, 2.05) is 7.05 Å². The number of nitrogens with two attached hydrogens (primary N) is 1. The molecule has 0 aliphatic heterocycles. The van der Waals surface area contributed by atoms with E-state index in [0.717, 1.165) is 25.9 Å². The van der Waals surface area contributed by atoms with E-state index in [9.17, 15) is 4.79 Å². The summed E-state index contributed by atoms with van der Waals surface area (Å²) >= 11 is 0. The molecule has 0 saturated carbocycles. The van der Waals surface area contributed by atoms with Crippen LogP contribution in [0.15, 0.2) is 0 Å². The van der Waals surface area contributed by atoms with Crippen molar-refractivity contribution in [3.8, 4) is 0 Å². The first-order valence-electron chi connectivity index (χ1n) is 6.73. The smallest absolute Gasteiger partial charge is 0.236 e. The lowest BCUT2D eigenvalue weighted by Gasteiger charge is -2.29. The van der Waals surface area contributed by atoms with Crippen LogP contribution in [0.1, 0.15) is 26.7 Å². The van der Waals surface area contributed by atoms with Crippen LogP contribution in [0.4, 0.5) is 0 Å². The van der Waals surface area contributed by atoms with Gasteiger partial charge >= 0.3 is 0 Å². The van der Waals surface area contributed by atoms with E-state index in [1.54, 1.807) is 12.0 Å². The van der Waals surface area contributed by atoms with Gasteiger partial charge in [-0.1, -0.05) is 6.92 Å². The van der Waals surface area contributed by atoms with Crippen LogP contribution < -0.4 is 5.73 Å². The summed E-state index contributed by atoms with van der Waals surface area (Å²) in [6.07, 6.45) is 1.88. The summed E-state index contributed by atoms with van der Waals surface area (Å²) in [5, 5.41) is 0. The SMILES string of the molecule is CCC(C)N(CCOC)CC(=O)N(C)CCCN. The van der Waals surface area contributed by atoms with Gasteiger partial charge in [0.05, 0.1) is 13.2 Å². The van der Waals surface area contributed by atoms with Gasteiger partial charge in [0.1, 0.15) is 0 Å². The fourth-order valence-corrected chi connectivity index (χ4v) is 1.67. The van der Waals surface area contributed by atoms with Crippen molar-refractivity contribution in [2.45, 2.75) is 32.7 Å². The molecule has 0 aromatic heterocycles. The molecule has 2 N–H and O–H groups in total. The van der Waals surface area contributed by atoms with Crippen LogP contribution in [-0.4, -0.2) is 68.7 Å². The number of ether oxygens (including phenoxy) is 1. The minimum Gasteiger partial charge on any atom is -0.383 e. The summed E-state index contributed by atoms with van der Waals surface area (Å²) in [6.45, 7) is 7.53. The Balaban J connectivity index is 4.24. The highest BCUT2D eigenvalue weighted by Gasteiger charge is 2.17. The normalized spacial score (nSPS) is 12.8. The second kappa shape index (κ2) is 10.3. The van der Waals surface area contributed by atoms with Crippen molar-refractivity contribution < 1.29 is 9.53 Å². The second-order valence-corrected chi connectivity index (χ2v) is 4.68. The summed E-state index contributed by atoms with van der Waals surface area (Å²) in [5.74, 6) is 0.153. The molecule has 108 valence electrons. The topological polar surface area (TPSA) is 58.8 Å². The number of methoxy groups -OCH3 is 1. The molecule has 0 spiro atoms. The molecule has 0 aromatic rings. The van der Waals surface area contributed by atoms with Gasteiger partial charge in [-0.2, -0.15) is 0 Å². The molecule has 0 aliphatic rings. The number of rotatable bonds is 10. The average molecular weight is 259 g/mol. The first-order valence-corrected chi connectivity index (χ1v) is 6.73. The Hall–Kier alpha value is -0.650. The van der Waals surface area contributed by atoms with Crippen molar-refractivity contribution in [3.63, 3.8) is 0 Å². The lowest BCUT2D eigenvalue weighted by Crippen LogP contribution is -2.44. The monoisotopic (exact) mass is 259 g/mol. The summed E-state index contributed by atoms with van der Waals surface area (Å²) in [4.78, 5) is 16.0. The van der Waals surface area contributed by atoms with Crippen LogP contribution in [0.2, 0.25) is 0 Å². The molecule has 0 radical (unpaired) electrons. The molecule has 0 aromatic carbocycles. The maximum absolute atomic E-state index is 12.0. The van der Waals surface area contributed by atoms with Gasteiger partial charge in [0.2, 0.25) is 5.91 Å². The zero-order valence-electron chi connectivity index (χ0n) is 12.3. The minimum atomic E-state index is 0.153. The molecular weight excluding hydrogens is 230 g/mol. The minimum absolute atomic E-state index is 0.153. The standard InChI is InChI=1S/C13H29N3O2/c1-5-12(2)16(9-10-18-4)11-13(17)15(3)8-6-7-14/h12H,5-11,14H2,1-4H3. The van der Waals surface area contributed by atoms with Crippen LogP contribution >= 0.6 is 0 Å². The van der Waals surface area contributed by atoms with Gasteiger partial charge in [0.25, 0.3) is 0 Å². The lowest BCUT2D eigenvalue weighted by atomic mass is 10.2. The number of hydrogen-bond donors (Lipinski definition) is 1. The van der Waals surface area contributed by atoms with Crippen LogP contribution in [0.5, 0.6) is 0 Å². The van der Waals surface area contributed by atoms with Gasteiger partial charge in [-0.3, -0.25) is 9.69 Å². The van der Waals surface area contributed by atoms with Gasteiger partial charge in [-0.25, -0.2) is 0 Å². The third kappa shape index (κ3) is 6.93. The average Bonchev–Trinajstić information content (AvgIpc) is 2.39. The zero-order chi connectivity index (χ0) is 14.0. The molecule has 0 aliphatic carbocycles. The van der Waals surface area contributed by atoms with Gasteiger partial charge < -0.3 is 15.4 Å². The molecule has 0 saturated heterocycles. The molecule has 0 fully saturated rings. The van der Waals surface area contributed by atoms with Crippen LogP contribution in [0, 0.1) is 0 Å². The van der Waals surface area contributed by atoms with Crippen LogP contribution in [0.25, 0.3) is 0 Å². The number of carbonyl (C=O) groups is 1. The van der Waals surface area contributed by atoms with Crippen molar-refractivity contribution in [3.05, 3.63) is 0 Å². The summed E-state index contributed by atoms with van der Waals surface area (Å²) in [5.41, 5.74) is 5.45. The third-order valence-electron chi connectivity index (χ3n) is 3.26. The Kier molecular flexibility index (Phi) is 9.92. The molecule has 5 nitrogen and oxygen atoms in total. The fraction of sp³-hybridized carbons (Fsp3) is 0.923. The number of amides is 1. The van der Waals surface area contributed by atoms with Gasteiger partial charge in [-0.15, -0.1) is 0 Å². The molecule has 18 heavy (non-hydrogen) atoms. The predicted octanol–water partition coefficient (Wildman–Crippen LogP) is 0.541. The Labute approximate surface area is 111 Å². The molecule has 1 amide bonds. The van der Waals surface area contributed by atoms with Crippen molar-refractivity contribution >= 4 is 5.91 Å². The molecule has 1 unspecified atom stereocenters. The highest BCUT2D eigenvalue weighted by molar-refractivity contribution is 5.78. The van der Waals surface area contributed by atoms with E-state index in [1.165, 1.54) is 0 Å². The third-order valence-corrected chi connectivity index (χ3v) is 3.26. The molecule has 0 rings (SSSR count). The molecular formula is C13H29N3O2. The Morgan fingerprint density at radius 3 is 2.56 bits per heavy atom. The highest BCUT2D eigenvalue weighted by atomic mass is 16.5. The quantitative estimate of drug-likeness (QED) is 0.622. The van der Waals surface area contributed by atoms with Gasteiger partial charge in [0, 0.05) is 33.3 Å². The highest BCUT2D eigenvalue weighted by Crippen LogP contribution is 2.04. The molecule has 0 heterocycles. The van der Waals surface area contributed by atoms with Gasteiger partial charge in [0.15, 0.2) is 0 Å². The first kappa shape index (κ1) is 17.4. The second-order valence-electron chi connectivity index (χ2n) is 4.68.